The number of carbonyl (C=O) groups excluding carboxylic acids is 2. The van der Waals surface area contributed by atoms with Gasteiger partial charge in [0.25, 0.3) is 0 Å². The lowest BCUT2D eigenvalue weighted by Gasteiger charge is -2.29. The molecule has 1 N–H and O–H groups in total. The molecule has 1 aliphatic rings. The van der Waals surface area contributed by atoms with Crippen molar-refractivity contribution < 1.29 is 23.1 Å². The quantitative estimate of drug-likeness (QED) is 0.859. The van der Waals surface area contributed by atoms with Gasteiger partial charge in [0.05, 0.1) is 6.61 Å². The van der Waals surface area contributed by atoms with E-state index in [4.69, 9.17) is 4.74 Å². The first-order valence-corrected chi connectivity index (χ1v) is 6.29. The Morgan fingerprint density at radius 1 is 1.40 bits per heavy atom. The molecule has 1 amide bonds. The van der Waals surface area contributed by atoms with Crippen LogP contribution >= 0.6 is 0 Å². The van der Waals surface area contributed by atoms with Crippen LogP contribution in [0.5, 0.6) is 0 Å². The Kier molecular flexibility index (Phi) is 3.74. The molecule has 4 nitrogen and oxygen atoms in total. The van der Waals surface area contributed by atoms with Crippen LogP contribution in [0.1, 0.15) is 25.8 Å². The van der Waals surface area contributed by atoms with Gasteiger partial charge in [-0.2, -0.15) is 0 Å². The van der Waals surface area contributed by atoms with Crippen LogP contribution in [-0.4, -0.2) is 24.5 Å². The molecule has 0 spiro atoms. The Hall–Kier alpha value is -1.98. The van der Waals surface area contributed by atoms with E-state index in [-0.39, 0.29) is 24.5 Å². The molecule has 1 saturated heterocycles. The average Bonchev–Trinajstić information content (AvgIpc) is 2.65. The van der Waals surface area contributed by atoms with Gasteiger partial charge in [-0.15, -0.1) is 0 Å². The molecule has 0 bridgehead atoms. The summed E-state index contributed by atoms with van der Waals surface area (Å²) in [6.45, 7) is 3.42. The molecule has 1 aliphatic heterocycles. The minimum absolute atomic E-state index is 0.0284. The summed E-state index contributed by atoms with van der Waals surface area (Å²) in [5.74, 6) is -2.45. The number of hydrogen-bond donors (Lipinski definition) is 1. The predicted molar refractivity (Wildman–Crippen MR) is 66.9 cm³/mol. The monoisotopic (exact) mass is 283 g/mol. The van der Waals surface area contributed by atoms with Crippen LogP contribution in [-0.2, 0) is 19.7 Å². The number of nitrogens with one attached hydrogen (secondary N) is 1. The predicted octanol–water partition coefficient (Wildman–Crippen LogP) is 1.67. The van der Waals surface area contributed by atoms with Gasteiger partial charge in [-0.3, -0.25) is 4.79 Å². The molecule has 0 saturated carbocycles. The summed E-state index contributed by atoms with van der Waals surface area (Å²) in [6.07, 6.45) is -0.0284. The zero-order chi connectivity index (χ0) is 14.9. The molecule has 20 heavy (non-hydrogen) atoms. The Labute approximate surface area is 115 Å². The van der Waals surface area contributed by atoms with Crippen LogP contribution in [0.3, 0.4) is 0 Å². The summed E-state index contributed by atoms with van der Waals surface area (Å²) in [4.78, 5) is 23.5. The topological polar surface area (TPSA) is 55.4 Å². The van der Waals surface area contributed by atoms with E-state index < -0.39 is 29.1 Å². The Morgan fingerprint density at radius 3 is 2.55 bits per heavy atom. The van der Waals surface area contributed by atoms with Crippen LogP contribution in [0.4, 0.5) is 8.78 Å². The molecule has 0 aromatic heterocycles. The van der Waals surface area contributed by atoms with Crippen LogP contribution in [0.2, 0.25) is 0 Å². The van der Waals surface area contributed by atoms with Crippen molar-refractivity contribution in [2.45, 2.75) is 31.7 Å². The minimum atomic E-state index is -1.04. The molecular formula is C14H15F2NO3. The van der Waals surface area contributed by atoms with Gasteiger partial charge >= 0.3 is 5.97 Å². The molecule has 6 heteroatoms. The first-order chi connectivity index (χ1) is 9.36. The second-order valence-electron chi connectivity index (χ2n) is 5.00. The number of esters is 1. The van der Waals surface area contributed by atoms with Crippen molar-refractivity contribution in [3.8, 4) is 0 Å². The third-order valence-corrected chi connectivity index (χ3v) is 3.51. The van der Waals surface area contributed by atoms with E-state index in [9.17, 15) is 18.4 Å². The molecule has 2 unspecified atom stereocenters. The highest BCUT2D eigenvalue weighted by Gasteiger charge is 2.49. The van der Waals surface area contributed by atoms with Crippen LogP contribution in [0.15, 0.2) is 18.2 Å². The van der Waals surface area contributed by atoms with Gasteiger partial charge in [-0.1, -0.05) is 6.92 Å². The maximum Gasteiger partial charge on any atom is 0.329 e. The third-order valence-electron chi connectivity index (χ3n) is 3.51. The lowest BCUT2D eigenvalue weighted by Crippen LogP contribution is -2.46. The van der Waals surface area contributed by atoms with Crippen LogP contribution in [0.25, 0.3) is 0 Å². The van der Waals surface area contributed by atoms with E-state index in [1.54, 1.807) is 13.8 Å². The minimum Gasteiger partial charge on any atom is -0.464 e. The summed E-state index contributed by atoms with van der Waals surface area (Å²) >= 11 is 0. The largest absolute Gasteiger partial charge is 0.464 e. The first kappa shape index (κ1) is 14.4. The summed E-state index contributed by atoms with van der Waals surface area (Å²) in [5, 5.41) is 2.51. The first-order valence-electron chi connectivity index (χ1n) is 6.29. The second-order valence-corrected chi connectivity index (χ2v) is 5.00. The van der Waals surface area contributed by atoms with Crippen molar-refractivity contribution in [3.05, 3.63) is 35.4 Å². The summed E-state index contributed by atoms with van der Waals surface area (Å²) in [5.41, 5.74) is -0.780. The van der Waals surface area contributed by atoms with Gasteiger partial charge in [0.1, 0.15) is 17.7 Å². The van der Waals surface area contributed by atoms with E-state index >= 15 is 0 Å². The van der Waals surface area contributed by atoms with Crippen molar-refractivity contribution in [1.29, 1.82) is 0 Å². The number of rotatable bonds is 3. The Morgan fingerprint density at radius 2 is 2.00 bits per heavy atom. The van der Waals surface area contributed by atoms with Gasteiger partial charge in [0, 0.05) is 17.9 Å². The fourth-order valence-corrected chi connectivity index (χ4v) is 2.50. The molecule has 2 rings (SSSR count). The number of ether oxygens (including phenoxy) is 1. The lowest BCUT2D eigenvalue weighted by molar-refractivity contribution is -0.147. The van der Waals surface area contributed by atoms with Crippen molar-refractivity contribution in [2.75, 3.05) is 6.61 Å². The van der Waals surface area contributed by atoms with Gasteiger partial charge in [-0.05, 0) is 24.6 Å². The lowest BCUT2D eigenvalue weighted by atomic mass is 9.76. The third kappa shape index (κ3) is 2.50. The van der Waals surface area contributed by atoms with E-state index in [0.717, 1.165) is 18.2 Å². The summed E-state index contributed by atoms with van der Waals surface area (Å²) in [6, 6.07) is 2.07. The highest BCUT2D eigenvalue weighted by Crippen LogP contribution is 2.37. The van der Waals surface area contributed by atoms with Gasteiger partial charge in [0.2, 0.25) is 5.91 Å². The van der Waals surface area contributed by atoms with Crippen molar-refractivity contribution in [3.63, 3.8) is 0 Å². The molecule has 108 valence electrons. The van der Waals surface area contributed by atoms with Crippen molar-refractivity contribution in [2.24, 2.45) is 0 Å². The Balaban J connectivity index is 2.43. The SMILES string of the molecule is CCOC(=O)C1NC(=O)CC1(C)c1cc(F)cc(F)c1. The Bertz CT molecular complexity index is 541. The average molecular weight is 283 g/mol. The number of amides is 1. The molecule has 0 aliphatic carbocycles. The van der Waals surface area contributed by atoms with Gasteiger partial charge in [0.15, 0.2) is 0 Å². The van der Waals surface area contributed by atoms with Gasteiger partial charge < -0.3 is 10.1 Å². The van der Waals surface area contributed by atoms with E-state index in [2.05, 4.69) is 5.32 Å². The van der Waals surface area contributed by atoms with E-state index in [0.29, 0.717) is 0 Å². The molecule has 1 heterocycles. The molecule has 1 fully saturated rings. The maximum atomic E-state index is 13.4. The van der Waals surface area contributed by atoms with Crippen molar-refractivity contribution >= 4 is 11.9 Å². The molecular weight excluding hydrogens is 268 g/mol. The number of halogens is 2. The fraction of sp³-hybridized carbons (Fsp3) is 0.429. The summed E-state index contributed by atoms with van der Waals surface area (Å²) < 4.78 is 31.6. The second kappa shape index (κ2) is 5.19. The smallest absolute Gasteiger partial charge is 0.329 e. The fourth-order valence-electron chi connectivity index (χ4n) is 2.50. The maximum absolute atomic E-state index is 13.4. The molecule has 0 radical (unpaired) electrons. The van der Waals surface area contributed by atoms with E-state index in [1.165, 1.54) is 0 Å². The molecule has 1 aromatic carbocycles. The molecule has 2 atom stereocenters. The zero-order valence-electron chi connectivity index (χ0n) is 11.2. The van der Waals surface area contributed by atoms with Crippen LogP contribution < -0.4 is 5.32 Å². The number of carbonyl (C=O) groups is 2. The highest BCUT2D eigenvalue weighted by molar-refractivity contribution is 5.91. The zero-order valence-corrected chi connectivity index (χ0v) is 11.2. The molecule has 1 aromatic rings. The van der Waals surface area contributed by atoms with Crippen molar-refractivity contribution in [1.82, 2.24) is 5.32 Å². The standard InChI is InChI=1S/C14H15F2NO3/c1-3-20-13(19)12-14(2,7-11(18)17-12)8-4-9(15)6-10(16)5-8/h4-6,12H,3,7H2,1-2H3,(H,17,18). The number of hydrogen-bond acceptors (Lipinski definition) is 3. The van der Waals surface area contributed by atoms with Gasteiger partial charge in [-0.25, -0.2) is 13.6 Å². The normalized spacial score (nSPS) is 25.4. The number of benzene rings is 1. The summed E-state index contributed by atoms with van der Waals surface area (Å²) in [7, 11) is 0. The highest BCUT2D eigenvalue weighted by atomic mass is 19.1. The van der Waals surface area contributed by atoms with Crippen LogP contribution in [0, 0.1) is 11.6 Å². The van der Waals surface area contributed by atoms with E-state index in [1.807, 2.05) is 0 Å².